The van der Waals surface area contributed by atoms with Crippen LogP contribution < -0.4 is 16.6 Å². The number of aromatic nitrogens is 2. The van der Waals surface area contributed by atoms with Gasteiger partial charge in [-0.3, -0.25) is 10.1 Å². The van der Waals surface area contributed by atoms with Crippen LogP contribution in [0.15, 0.2) is 6.33 Å². The molecule has 8 heteroatoms. The van der Waals surface area contributed by atoms with Gasteiger partial charge in [0, 0.05) is 6.04 Å². The Morgan fingerprint density at radius 3 is 2.62 bits per heavy atom. The van der Waals surface area contributed by atoms with Crippen molar-refractivity contribution in [2.45, 2.75) is 51.5 Å². The van der Waals surface area contributed by atoms with E-state index in [-0.39, 0.29) is 23.4 Å². The second-order valence-corrected chi connectivity index (χ2v) is 5.38. The van der Waals surface area contributed by atoms with Crippen molar-refractivity contribution in [3.8, 4) is 0 Å². The van der Waals surface area contributed by atoms with Crippen molar-refractivity contribution >= 4 is 17.3 Å². The maximum Gasteiger partial charge on any atom is 0.354 e. The lowest BCUT2D eigenvalue weighted by molar-refractivity contribution is -0.383. The first kappa shape index (κ1) is 15.4. The van der Waals surface area contributed by atoms with Crippen LogP contribution in [0.2, 0.25) is 0 Å². The van der Waals surface area contributed by atoms with E-state index in [0.717, 1.165) is 19.3 Å². The topological polar surface area (TPSA) is 119 Å². The van der Waals surface area contributed by atoms with Crippen LogP contribution >= 0.6 is 0 Å². The van der Waals surface area contributed by atoms with E-state index in [9.17, 15) is 10.1 Å². The van der Waals surface area contributed by atoms with Crippen molar-refractivity contribution < 1.29 is 4.92 Å². The number of hydrogen-bond acceptors (Lipinski definition) is 7. The summed E-state index contributed by atoms with van der Waals surface area (Å²) in [6.45, 7) is 2.08. The fraction of sp³-hybridized carbons (Fsp3) is 0.692. The fourth-order valence-corrected chi connectivity index (χ4v) is 3.03. The van der Waals surface area contributed by atoms with Crippen LogP contribution in [0.3, 0.4) is 0 Å². The highest BCUT2D eigenvalue weighted by Crippen LogP contribution is 2.33. The van der Waals surface area contributed by atoms with E-state index >= 15 is 0 Å². The molecule has 0 bridgehead atoms. The summed E-state index contributed by atoms with van der Waals surface area (Å²) in [5, 5.41) is 14.5. The van der Waals surface area contributed by atoms with Gasteiger partial charge in [0.05, 0.1) is 4.92 Å². The molecule has 1 heterocycles. The smallest absolute Gasteiger partial charge is 0.354 e. The number of nitro groups is 1. The Balaban J connectivity index is 2.22. The molecule has 21 heavy (non-hydrogen) atoms. The van der Waals surface area contributed by atoms with E-state index in [4.69, 9.17) is 5.84 Å². The molecule has 1 atom stereocenters. The van der Waals surface area contributed by atoms with E-state index < -0.39 is 4.92 Å². The van der Waals surface area contributed by atoms with E-state index in [1.807, 2.05) is 0 Å². The monoisotopic (exact) mass is 294 g/mol. The average molecular weight is 294 g/mol. The van der Waals surface area contributed by atoms with Crippen LogP contribution in [0.1, 0.15) is 45.4 Å². The lowest BCUT2D eigenvalue weighted by atomic mass is 9.83. The molecule has 0 aromatic carbocycles. The number of nitrogens with one attached hydrogen (secondary N) is 2. The van der Waals surface area contributed by atoms with Gasteiger partial charge in [-0.2, -0.15) is 0 Å². The van der Waals surface area contributed by atoms with E-state index in [1.165, 1.54) is 25.6 Å². The van der Waals surface area contributed by atoms with E-state index in [1.54, 1.807) is 0 Å². The molecule has 0 amide bonds. The predicted molar refractivity (Wildman–Crippen MR) is 80.8 cm³/mol. The Kier molecular flexibility index (Phi) is 5.26. The summed E-state index contributed by atoms with van der Waals surface area (Å²) in [6.07, 6.45) is 8.23. The first-order valence-electron chi connectivity index (χ1n) is 7.39. The number of anilines is 2. The summed E-state index contributed by atoms with van der Waals surface area (Å²) >= 11 is 0. The highest BCUT2D eigenvalue weighted by molar-refractivity contribution is 5.69. The number of nitrogens with two attached hydrogens (primary N) is 1. The summed E-state index contributed by atoms with van der Waals surface area (Å²) < 4.78 is 0. The quantitative estimate of drug-likeness (QED) is 0.418. The number of nitrogens with zero attached hydrogens (tertiary/aromatic N) is 3. The molecular weight excluding hydrogens is 272 g/mol. The second kappa shape index (κ2) is 7.16. The molecule has 1 aliphatic carbocycles. The molecule has 1 fully saturated rings. The molecule has 0 saturated heterocycles. The van der Waals surface area contributed by atoms with Crippen molar-refractivity contribution in [2.75, 3.05) is 10.7 Å². The molecule has 116 valence electrons. The Hall–Kier alpha value is -1.96. The number of rotatable bonds is 6. The van der Waals surface area contributed by atoms with Gasteiger partial charge < -0.3 is 10.7 Å². The molecule has 0 aliphatic heterocycles. The van der Waals surface area contributed by atoms with Crippen LogP contribution in [0.4, 0.5) is 17.3 Å². The summed E-state index contributed by atoms with van der Waals surface area (Å²) in [5.41, 5.74) is 2.06. The minimum Gasteiger partial charge on any atom is -0.361 e. The van der Waals surface area contributed by atoms with Gasteiger partial charge in [0.2, 0.25) is 11.6 Å². The molecular formula is C13H22N6O2. The zero-order valence-electron chi connectivity index (χ0n) is 12.2. The molecule has 1 unspecified atom stereocenters. The Labute approximate surface area is 123 Å². The van der Waals surface area contributed by atoms with Crippen molar-refractivity contribution in [3.05, 3.63) is 16.4 Å². The van der Waals surface area contributed by atoms with Crippen LogP contribution in [0.5, 0.6) is 0 Å². The standard InChI is InChI=1S/C13H22N6O2/c1-2-10(9-6-4-3-5-7-9)17-12-11(19(20)21)13(18-14)16-8-15-12/h8-10H,2-7,14H2,1H3,(H2,15,16,17,18). The van der Waals surface area contributed by atoms with Crippen LogP contribution in [0, 0.1) is 16.0 Å². The highest BCUT2D eigenvalue weighted by Gasteiger charge is 2.27. The average Bonchev–Trinajstić information content (AvgIpc) is 2.52. The first-order valence-corrected chi connectivity index (χ1v) is 7.39. The molecule has 2 rings (SSSR count). The maximum atomic E-state index is 11.2. The van der Waals surface area contributed by atoms with Crippen LogP contribution in [0.25, 0.3) is 0 Å². The van der Waals surface area contributed by atoms with Gasteiger partial charge in [-0.15, -0.1) is 0 Å². The van der Waals surface area contributed by atoms with Gasteiger partial charge in [0.15, 0.2) is 0 Å². The molecule has 0 radical (unpaired) electrons. The van der Waals surface area contributed by atoms with Crippen LogP contribution in [-0.4, -0.2) is 20.9 Å². The second-order valence-electron chi connectivity index (χ2n) is 5.38. The molecule has 8 nitrogen and oxygen atoms in total. The van der Waals surface area contributed by atoms with Gasteiger partial charge in [-0.05, 0) is 25.2 Å². The SMILES string of the molecule is CCC(Nc1ncnc(NN)c1[N+](=O)[O-])C1CCCCC1. The van der Waals surface area contributed by atoms with Crippen LogP contribution in [-0.2, 0) is 0 Å². The largest absolute Gasteiger partial charge is 0.361 e. The third-order valence-corrected chi connectivity index (χ3v) is 4.12. The van der Waals surface area contributed by atoms with Crippen molar-refractivity contribution in [1.82, 2.24) is 9.97 Å². The van der Waals surface area contributed by atoms with Crippen molar-refractivity contribution in [2.24, 2.45) is 11.8 Å². The molecule has 1 saturated carbocycles. The van der Waals surface area contributed by atoms with Gasteiger partial charge in [0.25, 0.3) is 0 Å². The zero-order chi connectivity index (χ0) is 15.2. The Morgan fingerprint density at radius 1 is 1.38 bits per heavy atom. The maximum absolute atomic E-state index is 11.2. The molecule has 4 N–H and O–H groups in total. The van der Waals surface area contributed by atoms with Gasteiger partial charge in [0.1, 0.15) is 6.33 Å². The first-order chi connectivity index (χ1) is 10.2. The Bertz CT molecular complexity index is 490. The molecule has 1 aromatic rings. The normalized spacial score (nSPS) is 17.2. The Morgan fingerprint density at radius 2 is 2.05 bits per heavy atom. The zero-order valence-corrected chi connectivity index (χ0v) is 12.2. The number of hydrazine groups is 1. The number of hydrogen-bond donors (Lipinski definition) is 3. The summed E-state index contributed by atoms with van der Waals surface area (Å²) in [4.78, 5) is 18.6. The van der Waals surface area contributed by atoms with E-state index in [2.05, 4.69) is 27.6 Å². The molecule has 1 aromatic heterocycles. The van der Waals surface area contributed by atoms with Gasteiger partial charge in [-0.1, -0.05) is 26.2 Å². The fourth-order valence-electron chi connectivity index (χ4n) is 3.03. The summed E-state index contributed by atoms with van der Waals surface area (Å²) in [6, 6.07) is 0.185. The number of nitrogen functional groups attached to an aromatic ring is 1. The lowest BCUT2D eigenvalue weighted by Crippen LogP contribution is -2.31. The van der Waals surface area contributed by atoms with Crippen molar-refractivity contribution in [3.63, 3.8) is 0 Å². The third-order valence-electron chi connectivity index (χ3n) is 4.12. The summed E-state index contributed by atoms with van der Waals surface area (Å²) in [7, 11) is 0. The van der Waals surface area contributed by atoms with Gasteiger partial charge >= 0.3 is 5.69 Å². The predicted octanol–water partition coefficient (Wildman–Crippen LogP) is 2.44. The highest BCUT2D eigenvalue weighted by atomic mass is 16.6. The summed E-state index contributed by atoms with van der Waals surface area (Å²) in [5.74, 6) is 6.09. The van der Waals surface area contributed by atoms with E-state index in [0.29, 0.717) is 5.92 Å². The molecule has 0 spiro atoms. The minimum absolute atomic E-state index is 0.0241. The van der Waals surface area contributed by atoms with Gasteiger partial charge in [-0.25, -0.2) is 15.8 Å². The van der Waals surface area contributed by atoms with Crippen molar-refractivity contribution in [1.29, 1.82) is 0 Å². The molecule has 1 aliphatic rings. The lowest BCUT2D eigenvalue weighted by Gasteiger charge is -2.30. The third kappa shape index (κ3) is 3.57. The minimum atomic E-state index is -0.509.